The van der Waals surface area contributed by atoms with Crippen LogP contribution in [0.1, 0.15) is 93.4 Å². The Balaban J connectivity index is 1.50. The van der Waals surface area contributed by atoms with E-state index < -0.39 is 69.0 Å². The second-order valence-corrected chi connectivity index (χ2v) is 18.8. The number of hydrogen-bond donors (Lipinski definition) is 4. The normalized spacial score (nSPS) is 25.2. The van der Waals surface area contributed by atoms with Crippen molar-refractivity contribution in [2.45, 2.75) is 123 Å². The van der Waals surface area contributed by atoms with Crippen LogP contribution in [0, 0.1) is 34.5 Å². The van der Waals surface area contributed by atoms with Gasteiger partial charge in [-0.15, -0.1) is 6.58 Å². The Bertz CT molecular complexity index is 1380. The first-order chi connectivity index (χ1) is 22.3. The number of carbonyl (C=O) groups is 5. The number of carbonyl (C=O) groups excluding carboxylic acids is 5. The average Bonchev–Trinajstić information content (AvgIpc) is 3.81. The first-order valence-electron chi connectivity index (χ1n) is 17.6. The standard InChI is InChI=1S/C35H57N5O7S/c1-9-17-36-31(43)28(41)24(16-15-21-13-14-21)37-30(42)27-26-23(35(26,7)8)18-40(27)32(44)29(34(4,5)6)39-33(45)38-25(20(2)3)19-48(46,47)22-11-10-12-22/h9,20-27,29H,1,10-19H2,2-8H3,(H,36,43)(H,37,42)(H2,38,39,45)/t23-,24?,25+,26?,27-,29+/m0/s1. The van der Waals surface area contributed by atoms with Crippen LogP contribution in [0.15, 0.2) is 12.7 Å². The van der Waals surface area contributed by atoms with Crippen molar-refractivity contribution >= 4 is 39.4 Å². The predicted octanol–water partition coefficient (Wildman–Crippen LogP) is 2.72. The van der Waals surface area contributed by atoms with E-state index in [0.717, 1.165) is 19.3 Å². The van der Waals surface area contributed by atoms with Crippen molar-refractivity contribution in [3.8, 4) is 0 Å². The Morgan fingerprint density at radius 2 is 1.65 bits per heavy atom. The molecule has 4 fully saturated rings. The van der Waals surface area contributed by atoms with Crippen LogP contribution in [-0.2, 0) is 29.0 Å². The lowest BCUT2D eigenvalue weighted by Gasteiger charge is -2.38. The van der Waals surface area contributed by atoms with Gasteiger partial charge in [0.05, 0.1) is 17.0 Å². The van der Waals surface area contributed by atoms with Gasteiger partial charge in [0, 0.05) is 19.1 Å². The summed E-state index contributed by atoms with van der Waals surface area (Å²) in [6, 6.07) is -4.21. The smallest absolute Gasteiger partial charge is 0.315 e. The second-order valence-electron chi connectivity index (χ2n) is 16.5. The molecule has 0 aromatic heterocycles. The first kappa shape index (κ1) is 37.9. The minimum Gasteiger partial charge on any atom is -0.346 e. The molecule has 0 spiro atoms. The minimum atomic E-state index is -3.38. The number of nitrogens with zero attached hydrogens (tertiary/aromatic N) is 1. The van der Waals surface area contributed by atoms with Crippen LogP contribution in [0.3, 0.4) is 0 Å². The number of rotatable bonds is 16. The van der Waals surface area contributed by atoms with Gasteiger partial charge in [-0.25, -0.2) is 13.2 Å². The van der Waals surface area contributed by atoms with Crippen LogP contribution in [0.2, 0.25) is 0 Å². The first-order valence-corrected chi connectivity index (χ1v) is 19.3. The summed E-state index contributed by atoms with van der Waals surface area (Å²) in [7, 11) is -3.38. The van der Waals surface area contributed by atoms with Crippen molar-refractivity contribution in [2.24, 2.45) is 34.5 Å². The molecule has 5 amide bonds. The van der Waals surface area contributed by atoms with E-state index in [1.165, 1.54) is 11.0 Å². The largest absolute Gasteiger partial charge is 0.346 e. The molecule has 270 valence electrons. The monoisotopic (exact) mass is 691 g/mol. The van der Waals surface area contributed by atoms with E-state index in [1.54, 1.807) is 0 Å². The van der Waals surface area contributed by atoms with Gasteiger partial charge in [0.25, 0.3) is 5.91 Å². The zero-order valence-corrected chi connectivity index (χ0v) is 30.6. The van der Waals surface area contributed by atoms with Crippen molar-refractivity contribution in [2.75, 3.05) is 18.8 Å². The second kappa shape index (κ2) is 14.5. The van der Waals surface area contributed by atoms with E-state index in [4.69, 9.17) is 0 Å². The number of fused-ring (bicyclic) bond motifs is 1. The van der Waals surface area contributed by atoms with E-state index in [0.29, 0.717) is 38.1 Å². The lowest BCUT2D eigenvalue weighted by molar-refractivity contribution is -0.145. The van der Waals surface area contributed by atoms with Gasteiger partial charge in [0.2, 0.25) is 17.6 Å². The molecule has 13 heteroatoms. The molecular weight excluding hydrogens is 634 g/mol. The van der Waals surface area contributed by atoms with Gasteiger partial charge < -0.3 is 26.2 Å². The summed E-state index contributed by atoms with van der Waals surface area (Å²) < 4.78 is 25.8. The molecule has 48 heavy (non-hydrogen) atoms. The van der Waals surface area contributed by atoms with Gasteiger partial charge in [0.1, 0.15) is 12.1 Å². The number of hydrogen-bond acceptors (Lipinski definition) is 7. The van der Waals surface area contributed by atoms with Crippen molar-refractivity contribution in [1.82, 2.24) is 26.2 Å². The highest BCUT2D eigenvalue weighted by Crippen LogP contribution is 2.65. The topological polar surface area (TPSA) is 171 Å². The maximum Gasteiger partial charge on any atom is 0.315 e. The molecule has 1 saturated heterocycles. The molecule has 4 aliphatic rings. The zero-order chi connectivity index (χ0) is 35.8. The number of likely N-dealkylation sites (tertiary alicyclic amines) is 1. The SMILES string of the molecule is C=CCNC(=O)C(=O)C(CCC1CC1)NC(=O)[C@@H]1C2[C@H](CN1C(=O)[C@@H](NC(=O)N[C@H](CS(=O)(=O)C1CCC1)C(C)C)C(C)(C)C)C2(C)C. The molecule has 1 heterocycles. The van der Waals surface area contributed by atoms with Crippen molar-refractivity contribution < 1.29 is 32.4 Å². The molecule has 0 radical (unpaired) electrons. The minimum absolute atomic E-state index is 0.0604. The highest BCUT2D eigenvalue weighted by atomic mass is 32.2. The van der Waals surface area contributed by atoms with Crippen LogP contribution in [0.5, 0.6) is 0 Å². The van der Waals surface area contributed by atoms with E-state index in [-0.39, 0.29) is 40.7 Å². The zero-order valence-electron chi connectivity index (χ0n) is 29.8. The highest BCUT2D eigenvalue weighted by molar-refractivity contribution is 7.92. The van der Waals surface area contributed by atoms with Crippen molar-refractivity contribution in [3.05, 3.63) is 12.7 Å². The van der Waals surface area contributed by atoms with E-state index in [2.05, 4.69) is 41.7 Å². The van der Waals surface area contributed by atoms with Crippen molar-refractivity contribution in [3.63, 3.8) is 0 Å². The van der Waals surface area contributed by atoms with Gasteiger partial charge in [-0.3, -0.25) is 19.2 Å². The van der Waals surface area contributed by atoms with Crippen LogP contribution in [0.25, 0.3) is 0 Å². The maximum atomic E-state index is 14.3. The molecule has 6 atom stereocenters. The summed E-state index contributed by atoms with van der Waals surface area (Å²) >= 11 is 0. The summed E-state index contributed by atoms with van der Waals surface area (Å²) in [5, 5.41) is 10.6. The molecule has 2 unspecified atom stereocenters. The number of ketones is 1. The fourth-order valence-corrected chi connectivity index (χ4v) is 9.52. The summed E-state index contributed by atoms with van der Waals surface area (Å²) in [5.74, 6) is -2.36. The number of Topliss-reactive ketones (excluding diaryl/α,β-unsaturated/α-hetero) is 1. The summed E-state index contributed by atoms with van der Waals surface area (Å²) in [5.41, 5.74) is -0.957. The van der Waals surface area contributed by atoms with Gasteiger partial charge in [-0.1, -0.05) is 73.8 Å². The molecule has 3 saturated carbocycles. The van der Waals surface area contributed by atoms with Gasteiger partial charge in [0.15, 0.2) is 9.84 Å². The van der Waals surface area contributed by atoms with E-state index >= 15 is 0 Å². The molecule has 12 nitrogen and oxygen atoms in total. The molecule has 3 aliphatic carbocycles. The highest BCUT2D eigenvalue weighted by Gasteiger charge is 2.70. The lowest BCUT2D eigenvalue weighted by Crippen LogP contribution is -2.62. The number of piperidine rings is 1. The average molecular weight is 692 g/mol. The van der Waals surface area contributed by atoms with E-state index in [9.17, 15) is 32.4 Å². The fourth-order valence-electron chi connectivity index (χ4n) is 7.23. The third-order valence-electron chi connectivity index (χ3n) is 11.1. The third kappa shape index (κ3) is 8.60. The molecule has 1 aliphatic heterocycles. The predicted molar refractivity (Wildman–Crippen MR) is 183 cm³/mol. The Hall–Kier alpha value is -2.96. The summed E-state index contributed by atoms with van der Waals surface area (Å²) in [6.07, 6.45) is 6.79. The molecule has 0 bridgehead atoms. The van der Waals surface area contributed by atoms with Crippen LogP contribution in [-0.4, -0.2) is 91.1 Å². The fraction of sp³-hybridized carbons (Fsp3) is 0.800. The van der Waals surface area contributed by atoms with Crippen LogP contribution in [0.4, 0.5) is 4.79 Å². The number of urea groups is 1. The Morgan fingerprint density at radius 1 is 1.00 bits per heavy atom. The van der Waals surface area contributed by atoms with Gasteiger partial charge >= 0.3 is 6.03 Å². The Labute approximate surface area is 286 Å². The number of amides is 5. The van der Waals surface area contributed by atoms with E-state index in [1.807, 2.05) is 34.6 Å². The maximum absolute atomic E-state index is 14.3. The lowest BCUT2D eigenvalue weighted by atomic mass is 9.85. The van der Waals surface area contributed by atoms with Crippen LogP contribution >= 0.6 is 0 Å². The summed E-state index contributed by atoms with van der Waals surface area (Å²) in [4.78, 5) is 69.1. The van der Waals surface area contributed by atoms with Crippen molar-refractivity contribution in [1.29, 1.82) is 0 Å². The summed E-state index contributed by atoms with van der Waals surface area (Å²) in [6.45, 7) is 17.3. The number of sulfone groups is 1. The molecular formula is C35H57N5O7S. The Morgan fingerprint density at radius 3 is 2.17 bits per heavy atom. The molecule has 4 N–H and O–H groups in total. The van der Waals surface area contributed by atoms with Gasteiger partial charge in [-0.05, 0) is 60.2 Å². The molecule has 0 aromatic rings. The molecule has 4 rings (SSSR count). The number of nitrogens with one attached hydrogen (secondary N) is 4. The Kier molecular flexibility index (Phi) is 11.4. The quantitative estimate of drug-likeness (QED) is 0.142. The van der Waals surface area contributed by atoms with Crippen LogP contribution < -0.4 is 21.3 Å². The third-order valence-corrected chi connectivity index (χ3v) is 13.4. The molecule has 0 aromatic carbocycles. The van der Waals surface area contributed by atoms with Gasteiger partial charge in [-0.2, -0.15) is 0 Å².